The number of nitrogens with one attached hydrogen (secondary N) is 1. The summed E-state index contributed by atoms with van der Waals surface area (Å²) in [6, 6.07) is 0. The predicted molar refractivity (Wildman–Crippen MR) is 33.7 cm³/mol. The maximum atomic E-state index is 10.5. The van der Waals surface area contributed by atoms with E-state index in [0.717, 1.165) is 0 Å². The maximum absolute atomic E-state index is 10.5. The highest BCUT2D eigenvalue weighted by atomic mass is 16.1. The van der Waals surface area contributed by atoms with Gasteiger partial charge in [-0.05, 0) is 0 Å². The second-order valence-electron chi connectivity index (χ2n) is 1.55. The van der Waals surface area contributed by atoms with Gasteiger partial charge < -0.3 is 16.5 Å². The molecule has 0 bridgehead atoms. The fraction of sp³-hybridized carbons (Fsp3) is 0. The minimum absolute atomic E-state index is 0.0656. The highest BCUT2D eigenvalue weighted by Gasteiger charge is 1.91. The van der Waals surface area contributed by atoms with Gasteiger partial charge in [0.2, 0.25) is 0 Å². The van der Waals surface area contributed by atoms with Crippen LogP contribution in [0.5, 0.6) is 0 Å². The molecule has 5 nitrogen and oxygen atoms in total. The molecule has 0 spiro atoms. The Kier molecular flexibility index (Phi) is 1.11. The summed E-state index contributed by atoms with van der Waals surface area (Å²) in [6.07, 6.45) is 1.29. The first-order chi connectivity index (χ1) is 4.20. The van der Waals surface area contributed by atoms with Crippen molar-refractivity contribution in [2.75, 3.05) is 11.5 Å². The number of hydrogen-bond acceptors (Lipinski definition) is 4. The lowest BCUT2D eigenvalue weighted by Crippen LogP contribution is -2.14. The van der Waals surface area contributed by atoms with Gasteiger partial charge in [0.1, 0.15) is 5.82 Å². The number of hydrogen-bond donors (Lipinski definition) is 3. The average Bonchev–Trinajstić information content (AvgIpc) is 1.80. The minimum Gasteiger partial charge on any atom is -0.384 e. The van der Waals surface area contributed by atoms with Crippen LogP contribution in [-0.4, -0.2) is 9.97 Å². The Balaban J connectivity index is 3.34. The van der Waals surface area contributed by atoms with Crippen LogP contribution in [0.2, 0.25) is 0 Å². The van der Waals surface area contributed by atoms with E-state index in [9.17, 15) is 4.79 Å². The molecule has 5 heteroatoms. The molecule has 1 rings (SSSR count). The van der Waals surface area contributed by atoms with Crippen molar-refractivity contribution in [2.24, 2.45) is 0 Å². The Morgan fingerprint density at radius 1 is 1.56 bits per heavy atom. The molecule has 0 aliphatic rings. The summed E-state index contributed by atoms with van der Waals surface area (Å²) in [4.78, 5) is 16.3. The summed E-state index contributed by atoms with van der Waals surface area (Å²) in [5.74, 6) is 0.151. The second kappa shape index (κ2) is 1.77. The van der Waals surface area contributed by atoms with Crippen LogP contribution in [-0.2, 0) is 0 Å². The maximum Gasteiger partial charge on any atom is 0.292 e. The molecule has 48 valence electrons. The number of nitrogen functional groups attached to an aromatic ring is 2. The highest BCUT2D eigenvalue weighted by Crippen LogP contribution is 1.87. The molecule has 0 saturated heterocycles. The van der Waals surface area contributed by atoms with E-state index in [0.29, 0.717) is 0 Å². The van der Waals surface area contributed by atoms with Gasteiger partial charge in [0.25, 0.3) is 5.56 Å². The van der Waals surface area contributed by atoms with Crippen LogP contribution in [0, 0.1) is 0 Å². The van der Waals surface area contributed by atoms with Gasteiger partial charge in [0.15, 0.2) is 5.82 Å². The van der Waals surface area contributed by atoms with E-state index in [1.807, 2.05) is 0 Å². The summed E-state index contributed by atoms with van der Waals surface area (Å²) < 4.78 is 0. The van der Waals surface area contributed by atoms with Gasteiger partial charge in [-0.25, -0.2) is 4.98 Å². The van der Waals surface area contributed by atoms with Crippen molar-refractivity contribution in [3.05, 3.63) is 16.6 Å². The quantitative estimate of drug-likeness (QED) is 0.412. The van der Waals surface area contributed by atoms with E-state index < -0.39 is 5.56 Å². The molecule has 1 aromatic heterocycles. The van der Waals surface area contributed by atoms with Crippen LogP contribution in [0.25, 0.3) is 0 Å². The molecule has 0 atom stereocenters. The van der Waals surface area contributed by atoms with E-state index in [1.54, 1.807) is 0 Å². The van der Waals surface area contributed by atoms with Gasteiger partial charge in [-0.3, -0.25) is 4.79 Å². The molecule has 0 aliphatic heterocycles. The molecule has 0 aliphatic carbocycles. The van der Waals surface area contributed by atoms with Crippen molar-refractivity contribution in [1.82, 2.24) is 9.97 Å². The monoisotopic (exact) mass is 126 g/mol. The molecule has 5 N–H and O–H groups in total. The van der Waals surface area contributed by atoms with Crippen molar-refractivity contribution in [3.63, 3.8) is 0 Å². The summed E-state index contributed by atoms with van der Waals surface area (Å²) >= 11 is 0. The van der Waals surface area contributed by atoms with E-state index in [-0.39, 0.29) is 11.6 Å². The van der Waals surface area contributed by atoms with Crippen molar-refractivity contribution < 1.29 is 0 Å². The van der Waals surface area contributed by atoms with Gasteiger partial charge in [-0.2, -0.15) is 0 Å². The summed E-state index contributed by atoms with van der Waals surface area (Å²) in [5.41, 5.74) is 9.78. The first-order valence-corrected chi connectivity index (χ1v) is 2.30. The molecule has 1 heterocycles. The molecule has 0 fully saturated rings. The van der Waals surface area contributed by atoms with Gasteiger partial charge in [-0.1, -0.05) is 0 Å². The van der Waals surface area contributed by atoms with Crippen molar-refractivity contribution >= 4 is 11.6 Å². The van der Waals surface area contributed by atoms with Crippen molar-refractivity contribution in [3.8, 4) is 0 Å². The number of anilines is 2. The zero-order valence-corrected chi connectivity index (χ0v) is 4.59. The normalized spacial score (nSPS) is 9.33. The molecule has 0 aromatic carbocycles. The number of H-pyrrole nitrogens is 1. The first-order valence-electron chi connectivity index (χ1n) is 2.30. The molecule has 0 radical (unpaired) electrons. The third kappa shape index (κ3) is 0.987. The number of aromatic nitrogens is 2. The molecular weight excluding hydrogens is 120 g/mol. The van der Waals surface area contributed by atoms with E-state index in [4.69, 9.17) is 11.5 Å². The van der Waals surface area contributed by atoms with Crippen LogP contribution in [0.3, 0.4) is 0 Å². The van der Waals surface area contributed by atoms with Crippen LogP contribution in [0.15, 0.2) is 11.0 Å². The third-order valence-corrected chi connectivity index (χ3v) is 0.833. The molecular formula is C4H6N4O. The summed E-state index contributed by atoms with van der Waals surface area (Å²) in [5, 5.41) is 0. The fourth-order valence-electron chi connectivity index (χ4n) is 0.425. The van der Waals surface area contributed by atoms with Gasteiger partial charge in [0.05, 0.1) is 6.20 Å². The summed E-state index contributed by atoms with van der Waals surface area (Å²) in [6.45, 7) is 0. The standard InChI is InChI=1S/C4H6N4O/c5-2-1-7-3(6)4(9)8-2/h1H,(H2,6,7)(H3,5,8,9). The van der Waals surface area contributed by atoms with Gasteiger partial charge >= 0.3 is 0 Å². The molecule has 0 saturated carbocycles. The van der Waals surface area contributed by atoms with Crippen molar-refractivity contribution in [1.29, 1.82) is 0 Å². The van der Waals surface area contributed by atoms with E-state index in [2.05, 4.69) is 9.97 Å². The topological polar surface area (TPSA) is 97.8 Å². The lowest BCUT2D eigenvalue weighted by atomic mass is 10.6. The lowest BCUT2D eigenvalue weighted by molar-refractivity contribution is 1.16. The second-order valence-corrected chi connectivity index (χ2v) is 1.55. The molecule has 0 amide bonds. The van der Waals surface area contributed by atoms with Crippen LogP contribution >= 0.6 is 0 Å². The smallest absolute Gasteiger partial charge is 0.292 e. The fourth-order valence-corrected chi connectivity index (χ4v) is 0.425. The Morgan fingerprint density at radius 2 is 2.22 bits per heavy atom. The first kappa shape index (κ1) is 5.61. The summed E-state index contributed by atoms with van der Waals surface area (Å²) in [7, 11) is 0. The van der Waals surface area contributed by atoms with Gasteiger partial charge in [-0.15, -0.1) is 0 Å². The SMILES string of the molecule is Nc1cnc(N)c(=O)[nH]1. The number of aromatic amines is 1. The Bertz CT molecular complexity index is 266. The zero-order valence-electron chi connectivity index (χ0n) is 4.59. The predicted octanol–water partition coefficient (Wildman–Crippen LogP) is -1.07. The van der Waals surface area contributed by atoms with E-state index >= 15 is 0 Å². The Morgan fingerprint density at radius 3 is 2.67 bits per heavy atom. The minimum atomic E-state index is -0.449. The average molecular weight is 126 g/mol. The molecule has 0 unspecified atom stereocenters. The third-order valence-electron chi connectivity index (χ3n) is 0.833. The van der Waals surface area contributed by atoms with Crippen molar-refractivity contribution in [2.45, 2.75) is 0 Å². The van der Waals surface area contributed by atoms with Crippen LogP contribution in [0.4, 0.5) is 11.6 Å². The lowest BCUT2D eigenvalue weighted by Gasteiger charge is -1.90. The largest absolute Gasteiger partial charge is 0.384 e. The Labute approximate surface area is 50.7 Å². The number of nitrogens with two attached hydrogens (primary N) is 2. The molecule has 9 heavy (non-hydrogen) atoms. The zero-order chi connectivity index (χ0) is 6.85. The Hall–Kier alpha value is -1.52. The molecule has 1 aromatic rings. The van der Waals surface area contributed by atoms with Crippen LogP contribution < -0.4 is 17.0 Å². The van der Waals surface area contributed by atoms with Gasteiger partial charge in [0, 0.05) is 0 Å². The van der Waals surface area contributed by atoms with Crippen LogP contribution in [0.1, 0.15) is 0 Å². The number of rotatable bonds is 0. The highest BCUT2D eigenvalue weighted by molar-refractivity contribution is 5.31. The number of nitrogens with zero attached hydrogens (tertiary/aromatic N) is 1. The van der Waals surface area contributed by atoms with E-state index in [1.165, 1.54) is 6.20 Å².